The lowest BCUT2D eigenvalue weighted by molar-refractivity contribution is -0.156. The molecule has 0 spiro atoms. The summed E-state index contributed by atoms with van der Waals surface area (Å²) in [5.41, 5.74) is 1.11. The second-order valence-electron chi connectivity index (χ2n) is 10.0. The van der Waals surface area contributed by atoms with E-state index in [-0.39, 0.29) is 12.4 Å². The van der Waals surface area contributed by atoms with Crippen LogP contribution in [0, 0.1) is 0 Å². The van der Waals surface area contributed by atoms with Gasteiger partial charge in [0.1, 0.15) is 5.60 Å². The Morgan fingerprint density at radius 2 is 1.34 bits per heavy atom. The van der Waals surface area contributed by atoms with Crippen LogP contribution < -0.4 is 10.1 Å². The number of carbonyl (C=O) groups is 2. The Kier molecular flexibility index (Phi) is 15.9. The Morgan fingerprint density at radius 1 is 0.805 bits per heavy atom. The highest BCUT2D eigenvalue weighted by molar-refractivity contribution is 6.37. The van der Waals surface area contributed by atoms with Gasteiger partial charge in [-0.15, -0.1) is 0 Å². The van der Waals surface area contributed by atoms with Crippen LogP contribution in [0.15, 0.2) is 36.4 Å². The van der Waals surface area contributed by atoms with E-state index in [1.807, 2.05) is 20.8 Å². The van der Waals surface area contributed by atoms with Crippen molar-refractivity contribution in [2.45, 2.75) is 52.1 Å². The van der Waals surface area contributed by atoms with Gasteiger partial charge >= 0.3 is 11.9 Å². The third-order valence-electron chi connectivity index (χ3n) is 5.31. The fourth-order valence-electron chi connectivity index (χ4n) is 3.52. The van der Waals surface area contributed by atoms with Gasteiger partial charge in [0.05, 0.1) is 48.0 Å². The van der Waals surface area contributed by atoms with E-state index < -0.39 is 11.6 Å². The van der Waals surface area contributed by atoms with Crippen LogP contribution in [-0.4, -0.2) is 70.9 Å². The lowest BCUT2D eigenvalue weighted by Gasteiger charge is -2.19. The van der Waals surface area contributed by atoms with Crippen molar-refractivity contribution in [2.75, 3.05) is 58.7 Å². The number of esters is 2. The zero-order valence-electron chi connectivity index (χ0n) is 24.3. The first-order chi connectivity index (χ1) is 19.6. The lowest BCUT2D eigenvalue weighted by Crippen LogP contribution is -2.24. The van der Waals surface area contributed by atoms with Crippen molar-refractivity contribution in [2.24, 2.45) is 0 Å². The van der Waals surface area contributed by atoms with Gasteiger partial charge in [-0.1, -0.05) is 35.3 Å². The molecule has 228 valence electrons. The first-order valence-corrected chi connectivity index (χ1v) is 14.4. The highest BCUT2D eigenvalue weighted by Gasteiger charge is 2.16. The van der Waals surface area contributed by atoms with Gasteiger partial charge in [0.2, 0.25) is 0 Å². The van der Waals surface area contributed by atoms with Crippen LogP contribution in [0.1, 0.15) is 56.8 Å². The minimum Gasteiger partial charge on any atom is -0.490 e. The van der Waals surface area contributed by atoms with Crippen LogP contribution in [0.5, 0.6) is 5.75 Å². The molecule has 2 rings (SSSR count). The zero-order chi connectivity index (χ0) is 30.1. The van der Waals surface area contributed by atoms with Crippen molar-refractivity contribution in [1.82, 2.24) is 0 Å². The van der Waals surface area contributed by atoms with E-state index >= 15 is 0 Å². The molecule has 2 aromatic carbocycles. The predicted octanol–water partition coefficient (Wildman–Crippen LogP) is 6.85. The van der Waals surface area contributed by atoms with Crippen molar-refractivity contribution in [3.8, 4) is 5.75 Å². The van der Waals surface area contributed by atoms with Gasteiger partial charge in [-0.3, -0.25) is 4.79 Å². The van der Waals surface area contributed by atoms with Crippen LogP contribution in [0.25, 0.3) is 0 Å². The molecule has 1 N–H and O–H groups in total. The summed E-state index contributed by atoms with van der Waals surface area (Å²) in [6.45, 7) is 9.11. The van der Waals surface area contributed by atoms with E-state index in [0.29, 0.717) is 85.4 Å². The number of rotatable bonds is 19. The maximum Gasteiger partial charge on any atom is 0.339 e. The van der Waals surface area contributed by atoms with Crippen molar-refractivity contribution in [3.63, 3.8) is 0 Å². The molecule has 0 aliphatic carbocycles. The standard InChI is InChI=1S/C30H41Cl2NO8/c1-30(2,3)41-27(34)12-19-39-16-8-15-37-13-7-14-38-17-9-18-40-28-24(31)20-22(21-25(28)32)33-26-11-6-5-10-23(26)29(35)36-4/h5-6,10-11,20-21,33H,7-9,12-19H2,1-4H3. The molecule has 0 saturated heterocycles. The summed E-state index contributed by atoms with van der Waals surface area (Å²) in [7, 11) is 1.33. The molecular weight excluding hydrogens is 573 g/mol. The summed E-state index contributed by atoms with van der Waals surface area (Å²) in [6, 6.07) is 10.4. The van der Waals surface area contributed by atoms with Crippen LogP contribution in [0.3, 0.4) is 0 Å². The van der Waals surface area contributed by atoms with Crippen molar-refractivity contribution < 1.29 is 38.0 Å². The molecule has 0 aromatic heterocycles. The van der Waals surface area contributed by atoms with E-state index in [1.165, 1.54) is 7.11 Å². The minimum atomic E-state index is -0.471. The number of carbonyl (C=O) groups excluding carboxylic acids is 2. The Balaban J connectivity index is 1.53. The number of ether oxygens (including phenoxy) is 6. The van der Waals surface area contributed by atoms with Gasteiger partial charge in [-0.05, 0) is 57.9 Å². The Bertz CT molecular complexity index is 1070. The molecule has 0 unspecified atom stereocenters. The number of nitrogens with one attached hydrogen (secondary N) is 1. The zero-order valence-corrected chi connectivity index (χ0v) is 25.8. The fraction of sp³-hybridized carbons (Fsp3) is 0.533. The van der Waals surface area contributed by atoms with Crippen molar-refractivity contribution in [3.05, 3.63) is 52.0 Å². The molecule has 0 radical (unpaired) electrons. The molecule has 0 bridgehead atoms. The molecule has 0 saturated carbocycles. The van der Waals surface area contributed by atoms with Gasteiger partial charge in [0.15, 0.2) is 5.75 Å². The van der Waals surface area contributed by atoms with Gasteiger partial charge in [0.25, 0.3) is 0 Å². The SMILES string of the molecule is COC(=O)c1ccccc1Nc1cc(Cl)c(OCCCOCCCOCCCOCCC(=O)OC(C)(C)C)c(Cl)c1. The van der Waals surface area contributed by atoms with E-state index in [4.69, 9.17) is 51.6 Å². The predicted molar refractivity (Wildman–Crippen MR) is 160 cm³/mol. The molecule has 0 heterocycles. The van der Waals surface area contributed by atoms with Gasteiger partial charge in [-0.2, -0.15) is 0 Å². The Morgan fingerprint density at radius 3 is 1.90 bits per heavy atom. The molecule has 2 aromatic rings. The topological polar surface area (TPSA) is 102 Å². The van der Waals surface area contributed by atoms with Crippen LogP contribution in [0.2, 0.25) is 10.0 Å². The molecular formula is C30H41Cl2NO8. The fourth-order valence-corrected chi connectivity index (χ4v) is 4.12. The summed E-state index contributed by atoms with van der Waals surface area (Å²) < 4.78 is 32.5. The van der Waals surface area contributed by atoms with Gasteiger partial charge < -0.3 is 33.7 Å². The first kappa shape index (κ1) is 34.6. The van der Waals surface area contributed by atoms with Crippen LogP contribution in [0.4, 0.5) is 11.4 Å². The summed E-state index contributed by atoms with van der Waals surface area (Å²) >= 11 is 12.8. The summed E-state index contributed by atoms with van der Waals surface area (Å²) in [5, 5.41) is 3.85. The molecule has 11 heteroatoms. The molecule has 0 atom stereocenters. The summed E-state index contributed by atoms with van der Waals surface area (Å²) in [4.78, 5) is 23.6. The molecule has 0 amide bonds. The molecule has 0 aliphatic rings. The number of methoxy groups -OCH3 is 1. The Labute approximate surface area is 252 Å². The van der Waals surface area contributed by atoms with Crippen LogP contribution >= 0.6 is 23.2 Å². The second kappa shape index (κ2) is 18.8. The average Bonchev–Trinajstić information content (AvgIpc) is 2.91. The number of halogens is 2. The number of hydrogen-bond donors (Lipinski definition) is 1. The average molecular weight is 615 g/mol. The summed E-state index contributed by atoms with van der Waals surface area (Å²) in [5.74, 6) is -0.311. The highest BCUT2D eigenvalue weighted by atomic mass is 35.5. The normalized spacial score (nSPS) is 11.3. The second-order valence-corrected chi connectivity index (χ2v) is 10.8. The minimum absolute atomic E-state index is 0.250. The molecule has 0 aliphatic heterocycles. The first-order valence-electron chi connectivity index (χ1n) is 13.6. The van der Waals surface area contributed by atoms with Crippen molar-refractivity contribution in [1.29, 1.82) is 0 Å². The number of para-hydroxylation sites is 1. The lowest BCUT2D eigenvalue weighted by atomic mass is 10.1. The molecule has 0 fully saturated rings. The van der Waals surface area contributed by atoms with E-state index in [1.54, 1.807) is 36.4 Å². The Hall–Kier alpha value is -2.56. The molecule has 41 heavy (non-hydrogen) atoms. The third-order valence-corrected chi connectivity index (χ3v) is 5.88. The van der Waals surface area contributed by atoms with Gasteiger partial charge in [-0.25, -0.2) is 4.79 Å². The maximum atomic E-state index is 12.0. The number of benzene rings is 2. The maximum absolute atomic E-state index is 12.0. The smallest absolute Gasteiger partial charge is 0.339 e. The van der Waals surface area contributed by atoms with Crippen molar-refractivity contribution >= 4 is 46.5 Å². The highest BCUT2D eigenvalue weighted by Crippen LogP contribution is 2.37. The quantitative estimate of drug-likeness (QED) is 0.134. The largest absolute Gasteiger partial charge is 0.490 e. The molecule has 9 nitrogen and oxygen atoms in total. The monoisotopic (exact) mass is 613 g/mol. The van der Waals surface area contributed by atoms with E-state index in [0.717, 1.165) is 12.8 Å². The number of anilines is 2. The van der Waals surface area contributed by atoms with Gasteiger partial charge in [0, 0.05) is 45.1 Å². The van der Waals surface area contributed by atoms with E-state index in [9.17, 15) is 9.59 Å². The van der Waals surface area contributed by atoms with E-state index in [2.05, 4.69) is 5.32 Å². The summed E-state index contributed by atoms with van der Waals surface area (Å²) in [6.07, 6.45) is 2.46. The van der Waals surface area contributed by atoms with Crippen LogP contribution in [-0.2, 0) is 28.5 Å². The third kappa shape index (κ3) is 14.3. The number of hydrogen-bond acceptors (Lipinski definition) is 9.